The van der Waals surface area contributed by atoms with Crippen LogP contribution in [0.3, 0.4) is 0 Å². The summed E-state index contributed by atoms with van der Waals surface area (Å²) in [7, 11) is 0. The molecule has 1 fully saturated rings. The molecule has 24 heavy (non-hydrogen) atoms. The first kappa shape index (κ1) is 18.6. The molecule has 1 aromatic rings. The molecule has 1 aliphatic rings. The van der Waals surface area contributed by atoms with E-state index < -0.39 is 0 Å². The fourth-order valence-electron chi connectivity index (χ4n) is 3.00. The highest BCUT2D eigenvalue weighted by Crippen LogP contribution is 2.17. The number of aliphatic imine (C=N–C) groups is 1. The number of rotatable bonds is 10. The molecule has 3 N–H and O–H groups in total. The van der Waals surface area contributed by atoms with Crippen molar-refractivity contribution in [2.75, 3.05) is 24.5 Å². The van der Waals surface area contributed by atoms with Crippen molar-refractivity contribution in [2.24, 2.45) is 10.7 Å². The topological polar surface area (TPSA) is 66.5 Å². The maximum Gasteiger partial charge on any atom is 0.188 e. The molecule has 5 nitrogen and oxygen atoms in total. The Balaban J connectivity index is 1.62. The Labute approximate surface area is 146 Å². The van der Waals surface area contributed by atoms with E-state index in [1.54, 1.807) is 0 Å². The van der Waals surface area contributed by atoms with E-state index in [0.717, 1.165) is 37.4 Å². The first-order valence-electron chi connectivity index (χ1n) is 9.53. The smallest absolute Gasteiger partial charge is 0.188 e. The molecule has 0 saturated carbocycles. The van der Waals surface area contributed by atoms with Gasteiger partial charge in [-0.25, -0.2) is 9.98 Å². The van der Waals surface area contributed by atoms with Crippen molar-refractivity contribution in [3.8, 4) is 0 Å². The van der Waals surface area contributed by atoms with Gasteiger partial charge >= 0.3 is 0 Å². The largest absolute Gasteiger partial charge is 0.370 e. The standard InChI is InChI=1S/C19H33N5/c1-2-3-4-5-6-7-12-21-19(20)23-16-17-10-11-18(22-15-17)24-13-8-9-14-24/h10-11,15H,2-9,12-14,16H2,1H3,(H3,20,21,23). The third-order valence-corrected chi connectivity index (χ3v) is 4.51. The van der Waals surface area contributed by atoms with E-state index in [2.05, 4.69) is 39.2 Å². The van der Waals surface area contributed by atoms with Gasteiger partial charge in [0.15, 0.2) is 5.96 Å². The first-order valence-corrected chi connectivity index (χ1v) is 9.53. The average molecular weight is 332 g/mol. The monoisotopic (exact) mass is 331 g/mol. The number of nitrogens with two attached hydrogens (primary N) is 1. The normalized spacial score (nSPS) is 15.0. The second kappa shape index (κ2) is 10.9. The quantitative estimate of drug-likeness (QED) is 0.391. The minimum atomic E-state index is 0.534. The number of nitrogens with one attached hydrogen (secondary N) is 1. The van der Waals surface area contributed by atoms with Crippen LogP contribution in [0.5, 0.6) is 0 Å². The van der Waals surface area contributed by atoms with Crippen molar-refractivity contribution in [3.63, 3.8) is 0 Å². The lowest BCUT2D eigenvalue weighted by Crippen LogP contribution is -2.32. The first-order chi connectivity index (χ1) is 11.8. The molecular weight excluding hydrogens is 298 g/mol. The second-order valence-corrected chi connectivity index (χ2v) is 6.61. The molecule has 2 rings (SSSR count). The van der Waals surface area contributed by atoms with Crippen molar-refractivity contribution < 1.29 is 0 Å². The molecule has 0 atom stereocenters. The molecule has 0 aliphatic carbocycles. The van der Waals surface area contributed by atoms with Crippen molar-refractivity contribution in [2.45, 2.75) is 64.8 Å². The molecule has 0 aromatic carbocycles. The van der Waals surface area contributed by atoms with E-state index in [4.69, 9.17) is 5.73 Å². The lowest BCUT2D eigenvalue weighted by Gasteiger charge is -2.16. The summed E-state index contributed by atoms with van der Waals surface area (Å²) in [5.74, 6) is 1.61. The van der Waals surface area contributed by atoms with E-state index in [1.807, 2.05) is 6.20 Å². The zero-order valence-corrected chi connectivity index (χ0v) is 15.1. The Bertz CT molecular complexity index is 477. The molecule has 1 saturated heterocycles. The number of hydrogen-bond donors (Lipinski definition) is 2. The van der Waals surface area contributed by atoms with Gasteiger partial charge in [0.2, 0.25) is 0 Å². The van der Waals surface area contributed by atoms with Gasteiger partial charge in [-0.15, -0.1) is 0 Å². The maximum atomic E-state index is 5.92. The Morgan fingerprint density at radius 3 is 2.62 bits per heavy atom. The Morgan fingerprint density at radius 1 is 1.17 bits per heavy atom. The molecule has 0 unspecified atom stereocenters. The van der Waals surface area contributed by atoms with Crippen LogP contribution in [-0.4, -0.2) is 30.6 Å². The van der Waals surface area contributed by atoms with Crippen molar-refractivity contribution in [3.05, 3.63) is 23.9 Å². The second-order valence-electron chi connectivity index (χ2n) is 6.61. The van der Waals surface area contributed by atoms with Gasteiger partial charge in [-0.3, -0.25) is 0 Å². The van der Waals surface area contributed by atoms with Gasteiger partial charge in [0, 0.05) is 25.8 Å². The van der Waals surface area contributed by atoms with Crippen molar-refractivity contribution in [1.29, 1.82) is 0 Å². The maximum absolute atomic E-state index is 5.92. The number of guanidine groups is 1. The summed E-state index contributed by atoms with van der Waals surface area (Å²) in [6.07, 6.45) is 12.2. The summed E-state index contributed by atoms with van der Waals surface area (Å²) in [4.78, 5) is 11.3. The van der Waals surface area contributed by atoms with Crippen LogP contribution in [0.25, 0.3) is 0 Å². The van der Waals surface area contributed by atoms with Crippen LogP contribution >= 0.6 is 0 Å². The molecule has 1 aliphatic heterocycles. The predicted molar refractivity (Wildman–Crippen MR) is 102 cm³/mol. The highest BCUT2D eigenvalue weighted by Gasteiger charge is 2.12. The van der Waals surface area contributed by atoms with E-state index in [0.29, 0.717) is 12.5 Å². The molecule has 134 valence electrons. The number of pyridine rings is 1. The van der Waals surface area contributed by atoms with Gasteiger partial charge < -0.3 is 16.0 Å². The fraction of sp³-hybridized carbons (Fsp3) is 0.684. The molecule has 0 amide bonds. The summed E-state index contributed by atoms with van der Waals surface area (Å²) >= 11 is 0. The van der Waals surface area contributed by atoms with E-state index in [-0.39, 0.29) is 0 Å². The van der Waals surface area contributed by atoms with Gasteiger partial charge in [-0.2, -0.15) is 0 Å². The lowest BCUT2D eigenvalue weighted by molar-refractivity contribution is 0.601. The number of nitrogens with zero attached hydrogens (tertiary/aromatic N) is 3. The van der Waals surface area contributed by atoms with Crippen LogP contribution in [0.1, 0.15) is 63.9 Å². The van der Waals surface area contributed by atoms with Crippen LogP contribution in [0.15, 0.2) is 23.3 Å². The molecule has 5 heteroatoms. The third kappa shape index (κ3) is 6.77. The van der Waals surface area contributed by atoms with Crippen LogP contribution in [0, 0.1) is 0 Å². The van der Waals surface area contributed by atoms with E-state index in [9.17, 15) is 0 Å². The van der Waals surface area contributed by atoms with Gasteiger partial charge in [-0.1, -0.05) is 45.1 Å². The Kier molecular flexibility index (Phi) is 8.42. The summed E-state index contributed by atoms with van der Waals surface area (Å²) in [5.41, 5.74) is 7.02. The number of aromatic nitrogens is 1. The number of anilines is 1. The SMILES string of the molecule is CCCCCCCCNC(N)=NCc1ccc(N2CCCC2)nc1. The van der Waals surface area contributed by atoms with Gasteiger partial charge in [-0.05, 0) is 30.9 Å². The highest BCUT2D eigenvalue weighted by molar-refractivity contribution is 5.77. The zero-order valence-electron chi connectivity index (χ0n) is 15.1. The number of unbranched alkanes of at least 4 members (excludes halogenated alkanes) is 5. The van der Waals surface area contributed by atoms with Crippen molar-refractivity contribution in [1.82, 2.24) is 10.3 Å². The molecule has 0 spiro atoms. The van der Waals surface area contributed by atoms with Crippen LogP contribution < -0.4 is 16.0 Å². The predicted octanol–water partition coefficient (Wildman–Crippen LogP) is 3.45. The highest BCUT2D eigenvalue weighted by atomic mass is 15.2. The van der Waals surface area contributed by atoms with Crippen LogP contribution in [0.4, 0.5) is 5.82 Å². The zero-order chi connectivity index (χ0) is 17.0. The van der Waals surface area contributed by atoms with Crippen molar-refractivity contribution >= 4 is 11.8 Å². The van der Waals surface area contributed by atoms with Gasteiger partial charge in [0.1, 0.15) is 5.82 Å². The molecule has 2 heterocycles. The fourth-order valence-corrected chi connectivity index (χ4v) is 3.00. The van der Waals surface area contributed by atoms with Crippen LogP contribution in [0.2, 0.25) is 0 Å². The number of hydrogen-bond acceptors (Lipinski definition) is 3. The lowest BCUT2D eigenvalue weighted by atomic mass is 10.1. The average Bonchev–Trinajstić information content (AvgIpc) is 3.14. The Morgan fingerprint density at radius 2 is 1.92 bits per heavy atom. The summed E-state index contributed by atoms with van der Waals surface area (Å²) in [6, 6.07) is 4.20. The van der Waals surface area contributed by atoms with E-state index in [1.165, 1.54) is 44.9 Å². The minimum Gasteiger partial charge on any atom is -0.370 e. The van der Waals surface area contributed by atoms with Gasteiger partial charge in [0.25, 0.3) is 0 Å². The third-order valence-electron chi connectivity index (χ3n) is 4.51. The molecule has 0 radical (unpaired) electrons. The van der Waals surface area contributed by atoms with E-state index >= 15 is 0 Å². The minimum absolute atomic E-state index is 0.534. The molecule has 1 aromatic heterocycles. The molecular formula is C19H33N5. The molecule has 0 bridgehead atoms. The summed E-state index contributed by atoms with van der Waals surface area (Å²) in [5, 5.41) is 3.20. The summed E-state index contributed by atoms with van der Waals surface area (Å²) < 4.78 is 0. The summed E-state index contributed by atoms with van der Waals surface area (Å²) in [6.45, 7) is 5.99. The Hall–Kier alpha value is -1.78. The van der Waals surface area contributed by atoms with Crippen LogP contribution in [-0.2, 0) is 6.54 Å². The van der Waals surface area contributed by atoms with Gasteiger partial charge in [0.05, 0.1) is 6.54 Å².